The summed E-state index contributed by atoms with van der Waals surface area (Å²) in [5.74, 6) is 0.148. The van der Waals surface area contributed by atoms with Crippen LogP contribution in [-0.4, -0.2) is 34.4 Å². The van der Waals surface area contributed by atoms with Crippen molar-refractivity contribution in [2.45, 2.75) is 39.8 Å². The van der Waals surface area contributed by atoms with Crippen LogP contribution >= 0.6 is 11.3 Å². The zero-order valence-corrected chi connectivity index (χ0v) is 17.8. The second-order valence-corrected chi connectivity index (χ2v) is 8.66. The quantitative estimate of drug-likeness (QED) is 0.687. The van der Waals surface area contributed by atoms with E-state index in [4.69, 9.17) is 0 Å². The first-order chi connectivity index (χ1) is 14.1. The van der Waals surface area contributed by atoms with Crippen LogP contribution in [0.4, 0.5) is 0 Å². The van der Waals surface area contributed by atoms with Crippen LogP contribution in [-0.2, 0) is 17.9 Å². The third kappa shape index (κ3) is 4.08. The molecule has 5 nitrogen and oxygen atoms in total. The third-order valence-electron chi connectivity index (χ3n) is 5.80. The largest absolute Gasteiger partial charge is 0.352 e. The standard InChI is InChI=1S/C23H27N3O2S/c1-3-26-19-10-13-29-21(19)14-20(26)23(28)25-11-8-18(9-12-25)22(27)24-15-17-6-4-16(2)5-7-17/h4-7,10,13-14,18H,3,8-9,11-12,15H2,1-2H3,(H,24,27). The SMILES string of the molecule is CCn1c(C(=O)N2CCC(C(=O)NCc3ccc(C)cc3)CC2)cc2sccc21. The number of hydrogen-bond donors (Lipinski definition) is 1. The number of thiophene rings is 1. The van der Waals surface area contributed by atoms with Crippen molar-refractivity contribution >= 4 is 33.4 Å². The summed E-state index contributed by atoms with van der Waals surface area (Å²) in [6, 6.07) is 12.3. The summed E-state index contributed by atoms with van der Waals surface area (Å²) in [5.41, 5.74) is 4.21. The Morgan fingerprint density at radius 3 is 2.55 bits per heavy atom. The van der Waals surface area contributed by atoms with E-state index in [0.717, 1.165) is 28.0 Å². The molecule has 4 rings (SSSR count). The van der Waals surface area contributed by atoms with Crippen LogP contribution in [0.2, 0.25) is 0 Å². The van der Waals surface area contributed by atoms with Crippen molar-refractivity contribution in [2.24, 2.45) is 5.92 Å². The smallest absolute Gasteiger partial charge is 0.270 e. The first-order valence-corrected chi connectivity index (χ1v) is 11.1. The number of likely N-dealkylation sites (tertiary alicyclic amines) is 1. The van der Waals surface area contributed by atoms with E-state index < -0.39 is 0 Å². The van der Waals surface area contributed by atoms with E-state index in [0.29, 0.717) is 32.5 Å². The van der Waals surface area contributed by atoms with E-state index in [2.05, 4.69) is 47.3 Å². The van der Waals surface area contributed by atoms with Gasteiger partial charge in [0.15, 0.2) is 0 Å². The van der Waals surface area contributed by atoms with Gasteiger partial charge in [0.25, 0.3) is 5.91 Å². The van der Waals surface area contributed by atoms with Crippen LogP contribution in [0.5, 0.6) is 0 Å². The maximum absolute atomic E-state index is 13.1. The summed E-state index contributed by atoms with van der Waals surface area (Å²) < 4.78 is 3.25. The van der Waals surface area contributed by atoms with Gasteiger partial charge in [-0.3, -0.25) is 9.59 Å². The Morgan fingerprint density at radius 2 is 1.86 bits per heavy atom. The van der Waals surface area contributed by atoms with Gasteiger partial charge in [0.2, 0.25) is 5.91 Å². The highest BCUT2D eigenvalue weighted by atomic mass is 32.1. The highest BCUT2D eigenvalue weighted by molar-refractivity contribution is 7.17. The van der Waals surface area contributed by atoms with Crippen molar-refractivity contribution in [1.82, 2.24) is 14.8 Å². The van der Waals surface area contributed by atoms with Crippen molar-refractivity contribution in [2.75, 3.05) is 13.1 Å². The fraction of sp³-hybridized carbons (Fsp3) is 0.391. The van der Waals surface area contributed by atoms with Crippen molar-refractivity contribution in [3.63, 3.8) is 0 Å². The summed E-state index contributed by atoms with van der Waals surface area (Å²) in [6.45, 7) is 6.71. The second kappa shape index (κ2) is 8.41. The highest BCUT2D eigenvalue weighted by Gasteiger charge is 2.29. The molecular formula is C23H27N3O2S. The molecule has 29 heavy (non-hydrogen) atoms. The Bertz CT molecular complexity index is 1010. The Hall–Kier alpha value is -2.60. The van der Waals surface area contributed by atoms with E-state index in [1.54, 1.807) is 11.3 Å². The maximum Gasteiger partial charge on any atom is 0.270 e. The van der Waals surface area contributed by atoms with Crippen molar-refractivity contribution in [1.29, 1.82) is 0 Å². The zero-order valence-electron chi connectivity index (χ0n) is 17.0. The van der Waals surface area contributed by atoms with Gasteiger partial charge in [-0.2, -0.15) is 0 Å². The number of carbonyl (C=O) groups is 2. The van der Waals surface area contributed by atoms with E-state index >= 15 is 0 Å². The van der Waals surface area contributed by atoms with Crippen molar-refractivity contribution < 1.29 is 9.59 Å². The van der Waals surface area contributed by atoms with E-state index in [1.807, 2.05) is 23.1 Å². The number of amides is 2. The number of aryl methyl sites for hydroxylation is 2. The molecule has 1 saturated heterocycles. The average molecular weight is 410 g/mol. The fourth-order valence-electron chi connectivity index (χ4n) is 4.04. The van der Waals surface area contributed by atoms with Crippen LogP contribution in [0.1, 0.15) is 41.4 Å². The van der Waals surface area contributed by atoms with Gasteiger partial charge in [-0.25, -0.2) is 0 Å². The molecule has 3 aromatic rings. The van der Waals surface area contributed by atoms with Gasteiger partial charge in [-0.15, -0.1) is 11.3 Å². The minimum Gasteiger partial charge on any atom is -0.352 e. The zero-order chi connectivity index (χ0) is 20.4. The molecule has 0 bridgehead atoms. The van der Waals surface area contributed by atoms with E-state index in [1.165, 1.54) is 5.56 Å². The summed E-state index contributed by atoms with van der Waals surface area (Å²) in [6.07, 6.45) is 1.43. The van der Waals surface area contributed by atoms with Gasteiger partial charge in [-0.1, -0.05) is 29.8 Å². The minimum absolute atomic E-state index is 0.0223. The molecule has 1 aromatic carbocycles. The molecule has 0 saturated carbocycles. The number of nitrogens with one attached hydrogen (secondary N) is 1. The monoisotopic (exact) mass is 409 g/mol. The Balaban J connectivity index is 1.33. The van der Waals surface area contributed by atoms with Gasteiger partial charge in [0.1, 0.15) is 5.69 Å². The highest BCUT2D eigenvalue weighted by Crippen LogP contribution is 2.27. The Kier molecular flexibility index (Phi) is 5.72. The van der Waals surface area contributed by atoms with Crippen LogP contribution in [0.15, 0.2) is 41.8 Å². The number of benzene rings is 1. The Morgan fingerprint density at radius 1 is 1.14 bits per heavy atom. The molecule has 1 fully saturated rings. The lowest BCUT2D eigenvalue weighted by Gasteiger charge is -2.31. The molecule has 6 heteroatoms. The molecule has 1 aliphatic rings. The molecule has 2 aromatic heterocycles. The molecular weight excluding hydrogens is 382 g/mol. The first-order valence-electron chi connectivity index (χ1n) is 10.3. The number of aromatic nitrogens is 1. The van der Waals surface area contributed by atoms with Crippen LogP contribution in [0, 0.1) is 12.8 Å². The summed E-state index contributed by atoms with van der Waals surface area (Å²) in [4.78, 5) is 27.5. The molecule has 0 aliphatic carbocycles. The van der Waals surface area contributed by atoms with E-state index in [-0.39, 0.29) is 17.7 Å². The molecule has 152 valence electrons. The molecule has 3 heterocycles. The molecule has 1 aliphatic heterocycles. The van der Waals surface area contributed by atoms with Crippen LogP contribution < -0.4 is 5.32 Å². The van der Waals surface area contributed by atoms with Crippen LogP contribution in [0.25, 0.3) is 10.2 Å². The van der Waals surface area contributed by atoms with Crippen LogP contribution in [0.3, 0.4) is 0 Å². The number of nitrogens with zero attached hydrogens (tertiary/aromatic N) is 2. The lowest BCUT2D eigenvalue weighted by atomic mass is 9.95. The predicted molar refractivity (Wildman–Crippen MR) is 117 cm³/mol. The minimum atomic E-state index is -0.0223. The fourth-order valence-corrected chi connectivity index (χ4v) is 4.86. The lowest BCUT2D eigenvalue weighted by Crippen LogP contribution is -2.43. The predicted octanol–water partition coefficient (Wildman–Crippen LogP) is 4.20. The molecule has 0 spiro atoms. The van der Waals surface area contributed by atoms with Gasteiger partial charge in [0.05, 0.1) is 10.2 Å². The summed E-state index contributed by atoms with van der Waals surface area (Å²) >= 11 is 1.67. The molecule has 1 N–H and O–H groups in total. The number of carbonyl (C=O) groups excluding carboxylic acids is 2. The third-order valence-corrected chi connectivity index (χ3v) is 6.65. The molecule has 0 unspecified atom stereocenters. The topological polar surface area (TPSA) is 54.3 Å². The normalized spacial score (nSPS) is 15.0. The molecule has 0 radical (unpaired) electrons. The van der Waals surface area contributed by atoms with Gasteiger partial charge >= 0.3 is 0 Å². The second-order valence-electron chi connectivity index (χ2n) is 7.71. The van der Waals surface area contributed by atoms with Crippen molar-refractivity contribution in [3.8, 4) is 0 Å². The first kappa shape index (κ1) is 19.7. The number of piperidine rings is 1. The molecule has 0 atom stereocenters. The van der Waals surface area contributed by atoms with Gasteiger partial charge < -0.3 is 14.8 Å². The van der Waals surface area contributed by atoms with Crippen molar-refractivity contribution in [3.05, 3.63) is 58.6 Å². The number of hydrogen-bond acceptors (Lipinski definition) is 3. The molecule has 2 amide bonds. The summed E-state index contributed by atoms with van der Waals surface area (Å²) in [5, 5.41) is 5.11. The number of rotatable bonds is 5. The Labute approximate surface area is 175 Å². The van der Waals surface area contributed by atoms with Gasteiger partial charge in [-0.05, 0) is 49.8 Å². The number of fused-ring (bicyclic) bond motifs is 1. The van der Waals surface area contributed by atoms with E-state index in [9.17, 15) is 9.59 Å². The maximum atomic E-state index is 13.1. The van der Waals surface area contributed by atoms with Gasteiger partial charge in [0, 0.05) is 32.1 Å². The summed E-state index contributed by atoms with van der Waals surface area (Å²) in [7, 11) is 0. The lowest BCUT2D eigenvalue weighted by molar-refractivity contribution is -0.126. The average Bonchev–Trinajstić information content (AvgIpc) is 3.34.